The van der Waals surface area contributed by atoms with E-state index >= 15 is 0 Å². The molecule has 0 N–H and O–H groups in total. The minimum absolute atomic E-state index is 0.222. The molecule has 2 rings (SSSR count). The van der Waals surface area contributed by atoms with Crippen LogP contribution in [-0.4, -0.2) is 34.9 Å². The minimum atomic E-state index is -0.469. The van der Waals surface area contributed by atoms with Crippen LogP contribution < -0.4 is 0 Å². The van der Waals surface area contributed by atoms with Crippen molar-refractivity contribution < 1.29 is 13.9 Å². The van der Waals surface area contributed by atoms with Gasteiger partial charge >= 0.3 is 6.09 Å². The van der Waals surface area contributed by atoms with Crippen molar-refractivity contribution in [2.45, 2.75) is 55.8 Å². The number of halogens is 1. The third kappa shape index (κ3) is 5.52. The monoisotopic (exact) mass is 325 g/mol. The molecule has 1 aliphatic rings. The van der Waals surface area contributed by atoms with Gasteiger partial charge in [0.15, 0.2) is 0 Å². The van der Waals surface area contributed by atoms with Gasteiger partial charge in [-0.05, 0) is 57.9 Å². The molecule has 3 nitrogen and oxygen atoms in total. The van der Waals surface area contributed by atoms with Crippen LogP contribution in [0.2, 0.25) is 0 Å². The molecule has 1 heterocycles. The Morgan fingerprint density at radius 2 is 1.95 bits per heavy atom. The van der Waals surface area contributed by atoms with Gasteiger partial charge in [0.25, 0.3) is 0 Å². The fourth-order valence-electron chi connectivity index (χ4n) is 2.40. The van der Waals surface area contributed by atoms with Crippen LogP contribution in [0.5, 0.6) is 0 Å². The van der Waals surface area contributed by atoms with Gasteiger partial charge in [0.2, 0.25) is 0 Å². The largest absolute Gasteiger partial charge is 0.444 e. The highest BCUT2D eigenvalue weighted by molar-refractivity contribution is 8.00. The maximum absolute atomic E-state index is 13.0. The number of amides is 1. The lowest BCUT2D eigenvalue weighted by molar-refractivity contribution is 0.0259. The Bertz CT molecular complexity index is 498. The van der Waals surface area contributed by atoms with Gasteiger partial charge in [0.05, 0.1) is 0 Å². The predicted octanol–water partition coefficient (Wildman–Crippen LogP) is 4.71. The number of carbonyl (C=O) groups is 1. The van der Waals surface area contributed by atoms with E-state index in [9.17, 15) is 9.18 Å². The lowest BCUT2D eigenvalue weighted by atomic mass is 10.2. The highest BCUT2D eigenvalue weighted by Crippen LogP contribution is 2.29. The van der Waals surface area contributed by atoms with E-state index in [2.05, 4.69) is 0 Å². The summed E-state index contributed by atoms with van der Waals surface area (Å²) in [6.45, 7) is 7.07. The predicted molar refractivity (Wildman–Crippen MR) is 87.7 cm³/mol. The van der Waals surface area contributed by atoms with Crippen LogP contribution in [0.1, 0.15) is 40.0 Å². The van der Waals surface area contributed by atoms with Crippen molar-refractivity contribution in [2.24, 2.45) is 0 Å². The topological polar surface area (TPSA) is 29.5 Å². The lowest BCUT2D eigenvalue weighted by Gasteiger charge is -2.28. The maximum atomic E-state index is 13.0. The van der Waals surface area contributed by atoms with Crippen LogP contribution in [0.4, 0.5) is 9.18 Å². The van der Waals surface area contributed by atoms with Crippen molar-refractivity contribution in [2.75, 3.05) is 13.1 Å². The van der Waals surface area contributed by atoms with Gasteiger partial charge in [-0.25, -0.2) is 9.18 Å². The van der Waals surface area contributed by atoms with E-state index in [0.717, 1.165) is 30.7 Å². The van der Waals surface area contributed by atoms with Gasteiger partial charge in [-0.3, -0.25) is 0 Å². The number of carbonyl (C=O) groups excluding carboxylic acids is 1. The number of rotatable bonds is 2. The Labute approximate surface area is 136 Å². The van der Waals surface area contributed by atoms with Gasteiger partial charge in [-0.2, -0.15) is 0 Å². The zero-order valence-corrected chi connectivity index (χ0v) is 14.3. The molecule has 0 saturated carbocycles. The van der Waals surface area contributed by atoms with Crippen molar-refractivity contribution in [1.82, 2.24) is 4.90 Å². The van der Waals surface area contributed by atoms with E-state index in [1.807, 2.05) is 20.8 Å². The molecule has 1 saturated heterocycles. The van der Waals surface area contributed by atoms with Crippen LogP contribution in [0.15, 0.2) is 29.2 Å². The smallest absolute Gasteiger partial charge is 0.410 e. The summed E-state index contributed by atoms with van der Waals surface area (Å²) in [5.74, 6) is -0.222. The standard InChI is InChI=1S/C17H24FNO2S/c1-17(2,3)21-16(20)19-11-5-4-6-15(12-19)22-14-9-7-13(18)8-10-14/h7-10,15H,4-6,11-12H2,1-3H3. The molecule has 1 aromatic rings. The van der Waals surface area contributed by atoms with Gasteiger partial charge in [-0.15, -0.1) is 11.8 Å². The molecule has 1 fully saturated rings. The zero-order chi connectivity index (χ0) is 16.2. The molecule has 5 heteroatoms. The highest BCUT2D eigenvalue weighted by atomic mass is 32.2. The molecule has 1 aliphatic heterocycles. The van der Waals surface area contributed by atoms with Crippen molar-refractivity contribution in [3.05, 3.63) is 30.1 Å². The summed E-state index contributed by atoms with van der Waals surface area (Å²) in [5.41, 5.74) is -0.469. The number of nitrogens with zero attached hydrogens (tertiary/aromatic N) is 1. The minimum Gasteiger partial charge on any atom is -0.444 e. The fraction of sp³-hybridized carbons (Fsp3) is 0.588. The van der Waals surface area contributed by atoms with Crippen molar-refractivity contribution in [3.8, 4) is 0 Å². The summed E-state index contributed by atoms with van der Waals surface area (Å²) in [4.78, 5) is 15.1. The number of hydrogen-bond donors (Lipinski definition) is 0. The first-order chi connectivity index (χ1) is 10.3. The molecule has 0 bridgehead atoms. The average Bonchev–Trinajstić information content (AvgIpc) is 2.65. The number of ether oxygens (including phenoxy) is 1. The van der Waals surface area contributed by atoms with E-state index in [1.54, 1.807) is 28.8 Å². The highest BCUT2D eigenvalue weighted by Gasteiger charge is 2.26. The van der Waals surface area contributed by atoms with Crippen LogP contribution in [-0.2, 0) is 4.74 Å². The normalized spacial score (nSPS) is 19.6. The fourth-order valence-corrected chi connectivity index (χ4v) is 3.61. The van der Waals surface area contributed by atoms with E-state index < -0.39 is 5.60 Å². The summed E-state index contributed by atoms with van der Waals surface area (Å²) in [7, 11) is 0. The molecular formula is C17H24FNO2S. The van der Waals surface area contributed by atoms with Crippen molar-refractivity contribution in [3.63, 3.8) is 0 Å². The zero-order valence-electron chi connectivity index (χ0n) is 13.5. The molecule has 1 aromatic carbocycles. The van der Waals surface area contributed by atoms with Gasteiger partial charge in [0, 0.05) is 23.2 Å². The molecule has 122 valence electrons. The summed E-state index contributed by atoms with van der Waals surface area (Å²) in [6, 6.07) is 6.54. The third-order valence-electron chi connectivity index (χ3n) is 3.40. The summed E-state index contributed by atoms with van der Waals surface area (Å²) < 4.78 is 18.5. The summed E-state index contributed by atoms with van der Waals surface area (Å²) in [6.07, 6.45) is 2.92. The molecule has 0 spiro atoms. The Morgan fingerprint density at radius 1 is 1.27 bits per heavy atom. The Morgan fingerprint density at radius 3 is 2.59 bits per heavy atom. The summed E-state index contributed by atoms with van der Waals surface area (Å²) in [5, 5.41) is 0.320. The average molecular weight is 325 g/mol. The second-order valence-electron chi connectivity index (χ2n) is 6.62. The number of benzene rings is 1. The second kappa shape index (κ2) is 7.36. The Balaban J connectivity index is 1.97. The van der Waals surface area contributed by atoms with E-state index in [-0.39, 0.29) is 11.9 Å². The maximum Gasteiger partial charge on any atom is 0.410 e. The SMILES string of the molecule is CC(C)(C)OC(=O)N1CCCCC(Sc2ccc(F)cc2)C1. The molecule has 1 atom stereocenters. The molecule has 0 radical (unpaired) electrons. The van der Waals surface area contributed by atoms with Crippen LogP contribution in [0.25, 0.3) is 0 Å². The molecular weight excluding hydrogens is 301 g/mol. The lowest BCUT2D eigenvalue weighted by Crippen LogP contribution is -2.39. The molecule has 1 amide bonds. The first-order valence-corrected chi connectivity index (χ1v) is 8.61. The Hall–Kier alpha value is -1.23. The molecule has 1 unspecified atom stereocenters. The first kappa shape index (κ1) is 17.1. The van der Waals surface area contributed by atoms with E-state index in [1.165, 1.54) is 12.1 Å². The number of thioether (sulfide) groups is 1. The number of likely N-dealkylation sites (tertiary alicyclic amines) is 1. The van der Waals surface area contributed by atoms with E-state index in [0.29, 0.717) is 11.8 Å². The van der Waals surface area contributed by atoms with Crippen LogP contribution in [0, 0.1) is 5.82 Å². The molecule has 0 aliphatic carbocycles. The van der Waals surface area contributed by atoms with Crippen LogP contribution in [0.3, 0.4) is 0 Å². The quantitative estimate of drug-likeness (QED) is 0.789. The van der Waals surface area contributed by atoms with Gasteiger partial charge < -0.3 is 9.64 Å². The Kier molecular flexibility index (Phi) is 5.73. The second-order valence-corrected chi connectivity index (χ2v) is 7.99. The van der Waals surface area contributed by atoms with Gasteiger partial charge in [-0.1, -0.05) is 6.42 Å². The molecule has 0 aromatic heterocycles. The van der Waals surface area contributed by atoms with Crippen molar-refractivity contribution in [1.29, 1.82) is 0 Å². The third-order valence-corrected chi connectivity index (χ3v) is 4.66. The number of hydrogen-bond acceptors (Lipinski definition) is 3. The van der Waals surface area contributed by atoms with E-state index in [4.69, 9.17) is 4.74 Å². The summed E-state index contributed by atoms with van der Waals surface area (Å²) >= 11 is 1.71. The molecule has 22 heavy (non-hydrogen) atoms. The van der Waals surface area contributed by atoms with Crippen molar-refractivity contribution >= 4 is 17.9 Å². The first-order valence-electron chi connectivity index (χ1n) is 7.74. The van der Waals surface area contributed by atoms with Gasteiger partial charge in [0.1, 0.15) is 11.4 Å². The van der Waals surface area contributed by atoms with Crippen LogP contribution >= 0.6 is 11.8 Å².